The average molecular weight is 452 g/mol. The second kappa shape index (κ2) is 7.62. The molecule has 0 aliphatic rings. The van der Waals surface area contributed by atoms with Crippen LogP contribution >= 0.6 is 0 Å². The lowest BCUT2D eigenvalue weighted by Gasteiger charge is -2.10. The maximum atomic E-state index is 13.7. The highest BCUT2D eigenvalue weighted by molar-refractivity contribution is 6.03. The summed E-state index contributed by atoms with van der Waals surface area (Å²) in [5, 5.41) is 10.9. The number of aryl methyl sites for hydroxylation is 1. The van der Waals surface area contributed by atoms with Crippen LogP contribution in [0.25, 0.3) is 22.8 Å². The average Bonchev–Trinajstić information content (AvgIpc) is 3.52. The standard InChI is InChI=1S/C22H15F3N6O2/c1-13-10-19(30(28-13)14-6-3-2-4-7-14)27-21(32)16-12-20-26-15(17-8-5-9-33-17)11-18(22(23,24)25)31(20)29-16/h2-12H,1H3,(H,27,32). The molecule has 1 N–H and O–H groups in total. The van der Waals surface area contributed by atoms with Gasteiger partial charge in [0, 0.05) is 12.1 Å². The summed E-state index contributed by atoms with van der Waals surface area (Å²) < 4.78 is 48.4. The molecule has 0 aliphatic heterocycles. The van der Waals surface area contributed by atoms with Gasteiger partial charge >= 0.3 is 6.18 Å². The summed E-state index contributed by atoms with van der Waals surface area (Å²) in [6, 6.07) is 15.8. The lowest BCUT2D eigenvalue weighted by atomic mass is 10.2. The van der Waals surface area contributed by atoms with Gasteiger partial charge in [0.25, 0.3) is 5.91 Å². The smallest absolute Gasteiger partial charge is 0.433 e. The van der Waals surface area contributed by atoms with Crippen LogP contribution in [0.2, 0.25) is 0 Å². The SMILES string of the molecule is Cc1cc(NC(=O)c2cc3nc(-c4ccco4)cc(C(F)(F)F)n3n2)n(-c2ccccc2)n1. The Hall–Kier alpha value is -4.41. The van der Waals surface area contributed by atoms with Crippen molar-refractivity contribution >= 4 is 17.4 Å². The topological polar surface area (TPSA) is 90.3 Å². The third kappa shape index (κ3) is 3.84. The minimum atomic E-state index is -4.73. The molecule has 166 valence electrons. The van der Waals surface area contributed by atoms with E-state index in [9.17, 15) is 18.0 Å². The number of furan rings is 1. The van der Waals surface area contributed by atoms with E-state index in [-0.39, 0.29) is 22.8 Å². The van der Waals surface area contributed by atoms with Crippen LogP contribution in [0.1, 0.15) is 21.9 Å². The van der Waals surface area contributed by atoms with Crippen molar-refractivity contribution in [3.05, 3.63) is 84.0 Å². The Kier molecular flexibility index (Phi) is 4.73. The van der Waals surface area contributed by atoms with Crippen LogP contribution in [0.5, 0.6) is 0 Å². The largest absolute Gasteiger partial charge is 0.463 e. The molecule has 5 rings (SSSR count). The fraction of sp³-hybridized carbons (Fsp3) is 0.0909. The zero-order chi connectivity index (χ0) is 23.2. The molecule has 0 radical (unpaired) electrons. The van der Waals surface area contributed by atoms with Gasteiger partial charge in [-0.25, -0.2) is 14.2 Å². The molecule has 11 heteroatoms. The van der Waals surface area contributed by atoms with Gasteiger partial charge in [0.2, 0.25) is 0 Å². The number of hydrogen-bond donors (Lipinski definition) is 1. The third-order valence-electron chi connectivity index (χ3n) is 4.80. The number of aromatic nitrogens is 5. The number of rotatable bonds is 4. The first-order valence-corrected chi connectivity index (χ1v) is 9.75. The number of benzene rings is 1. The van der Waals surface area contributed by atoms with E-state index in [1.807, 2.05) is 30.3 Å². The number of para-hydroxylation sites is 1. The third-order valence-corrected chi connectivity index (χ3v) is 4.80. The number of nitrogens with one attached hydrogen (secondary N) is 1. The number of fused-ring (bicyclic) bond motifs is 1. The Labute approximate surface area is 184 Å². The van der Waals surface area contributed by atoms with Gasteiger partial charge in [-0.3, -0.25) is 4.79 Å². The predicted octanol–water partition coefficient (Wildman–Crippen LogP) is 4.75. The van der Waals surface area contributed by atoms with Gasteiger partial charge in [0.15, 0.2) is 22.8 Å². The van der Waals surface area contributed by atoms with Crippen LogP contribution < -0.4 is 5.32 Å². The molecule has 4 heterocycles. The van der Waals surface area contributed by atoms with E-state index in [1.54, 1.807) is 19.1 Å². The highest BCUT2D eigenvalue weighted by atomic mass is 19.4. The summed E-state index contributed by atoms with van der Waals surface area (Å²) in [4.78, 5) is 17.1. The Balaban J connectivity index is 1.54. The van der Waals surface area contributed by atoms with Crippen molar-refractivity contribution in [2.24, 2.45) is 0 Å². The summed E-state index contributed by atoms with van der Waals surface area (Å²) >= 11 is 0. The zero-order valence-corrected chi connectivity index (χ0v) is 17.0. The number of anilines is 1. The quantitative estimate of drug-likeness (QED) is 0.425. The summed E-state index contributed by atoms with van der Waals surface area (Å²) in [5.41, 5.74) is -0.127. The van der Waals surface area contributed by atoms with E-state index in [2.05, 4.69) is 20.5 Å². The van der Waals surface area contributed by atoms with Crippen molar-refractivity contribution in [3.8, 4) is 17.1 Å². The molecule has 8 nitrogen and oxygen atoms in total. The van der Waals surface area contributed by atoms with Gasteiger partial charge < -0.3 is 9.73 Å². The first-order chi connectivity index (χ1) is 15.8. The molecule has 0 fully saturated rings. The Morgan fingerprint density at radius 2 is 1.82 bits per heavy atom. The van der Waals surface area contributed by atoms with E-state index in [4.69, 9.17) is 4.42 Å². The van der Waals surface area contributed by atoms with Crippen molar-refractivity contribution < 1.29 is 22.4 Å². The van der Waals surface area contributed by atoms with E-state index in [0.717, 1.165) is 6.07 Å². The Morgan fingerprint density at radius 1 is 1.03 bits per heavy atom. The van der Waals surface area contributed by atoms with Gasteiger partial charge in [-0.1, -0.05) is 18.2 Å². The van der Waals surface area contributed by atoms with Gasteiger partial charge in [0.1, 0.15) is 11.5 Å². The molecule has 1 aromatic carbocycles. The number of carbonyl (C=O) groups is 1. The van der Waals surface area contributed by atoms with E-state index >= 15 is 0 Å². The molecule has 0 unspecified atom stereocenters. The maximum Gasteiger partial charge on any atom is 0.433 e. The van der Waals surface area contributed by atoms with Crippen molar-refractivity contribution in [1.82, 2.24) is 24.4 Å². The molecule has 33 heavy (non-hydrogen) atoms. The molecule has 0 aliphatic carbocycles. The normalized spacial score (nSPS) is 11.8. The minimum absolute atomic E-state index is 0.0236. The molecule has 0 bridgehead atoms. The summed E-state index contributed by atoms with van der Waals surface area (Å²) in [6.07, 6.45) is -3.40. The summed E-state index contributed by atoms with van der Waals surface area (Å²) in [7, 11) is 0. The molecule has 0 saturated heterocycles. The van der Waals surface area contributed by atoms with Gasteiger partial charge in [-0.15, -0.1) is 0 Å². The molecule has 4 aromatic heterocycles. The van der Waals surface area contributed by atoms with Crippen molar-refractivity contribution in [2.75, 3.05) is 5.32 Å². The number of hydrogen-bond acceptors (Lipinski definition) is 5. The fourth-order valence-corrected chi connectivity index (χ4v) is 3.37. The van der Waals surface area contributed by atoms with E-state index < -0.39 is 17.8 Å². The van der Waals surface area contributed by atoms with Gasteiger partial charge in [-0.05, 0) is 37.3 Å². The highest BCUT2D eigenvalue weighted by Crippen LogP contribution is 2.32. The molecule has 0 saturated carbocycles. The first-order valence-electron chi connectivity index (χ1n) is 9.75. The van der Waals surface area contributed by atoms with Crippen LogP contribution in [-0.4, -0.2) is 30.3 Å². The number of amides is 1. The van der Waals surface area contributed by atoms with Crippen LogP contribution in [0.4, 0.5) is 19.0 Å². The molecule has 0 atom stereocenters. The maximum absolute atomic E-state index is 13.7. The molecule has 0 spiro atoms. The lowest BCUT2D eigenvalue weighted by molar-refractivity contribution is -0.142. The Morgan fingerprint density at radius 3 is 2.52 bits per heavy atom. The van der Waals surface area contributed by atoms with Gasteiger partial charge in [-0.2, -0.15) is 23.4 Å². The van der Waals surface area contributed by atoms with Crippen LogP contribution in [0, 0.1) is 6.92 Å². The van der Waals surface area contributed by atoms with E-state index in [1.165, 1.54) is 23.1 Å². The molecule has 1 amide bonds. The second-order valence-corrected chi connectivity index (χ2v) is 7.17. The Bertz CT molecular complexity index is 1450. The van der Waals surface area contributed by atoms with Crippen molar-refractivity contribution in [3.63, 3.8) is 0 Å². The monoisotopic (exact) mass is 452 g/mol. The molecular formula is C22H15F3N6O2. The van der Waals surface area contributed by atoms with Gasteiger partial charge in [0.05, 0.1) is 17.6 Å². The highest BCUT2D eigenvalue weighted by Gasteiger charge is 2.36. The first kappa shape index (κ1) is 20.5. The molecular weight excluding hydrogens is 437 g/mol. The van der Waals surface area contributed by atoms with Crippen molar-refractivity contribution in [1.29, 1.82) is 0 Å². The van der Waals surface area contributed by atoms with E-state index in [0.29, 0.717) is 21.7 Å². The zero-order valence-electron chi connectivity index (χ0n) is 17.0. The van der Waals surface area contributed by atoms with Crippen LogP contribution in [-0.2, 0) is 6.18 Å². The summed E-state index contributed by atoms with van der Waals surface area (Å²) in [5.74, 6) is -0.191. The number of halogens is 3. The number of carbonyl (C=O) groups excluding carboxylic acids is 1. The van der Waals surface area contributed by atoms with Crippen LogP contribution in [0.3, 0.4) is 0 Å². The van der Waals surface area contributed by atoms with Crippen molar-refractivity contribution in [2.45, 2.75) is 13.1 Å². The minimum Gasteiger partial charge on any atom is -0.463 e. The fourth-order valence-electron chi connectivity index (χ4n) is 3.37. The number of alkyl halides is 3. The van der Waals surface area contributed by atoms with Crippen LogP contribution in [0.15, 0.2) is 71.3 Å². The lowest BCUT2D eigenvalue weighted by Crippen LogP contribution is -2.17. The number of nitrogens with zero attached hydrogens (tertiary/aromatic N) is 5. The summed E-state index contributed by atoms with van der Waals surface area (Å²) in [6.45, 7) is 1.76. The second-order valence-electron chi connectivity index (χ2n) is 7.17. The molecule has 5 aromatic rings. The predicted molar refractivity (Wildman–Crippen MR) is 112 cm³/mol.